The number of nitrogens with zero attached hydrogens (tertiary/aromatic N) is 2. The molecule has 0 atom stereocenters. The summed E-state index contributed by atoms with van der Waals surface area (Å²) in [5.41, 5.74) is 1.69. The van der Waals surface area contributed by atoms with Crippen molar-refractivity contribution in [1.29, 1.82) is 0 Å². The number of benzene rings is 2. The van der Waals surface area contributed by atoms with Gasteiger partial charge in [0.05, 0.1) is 11.1 Å². The summed E-state index contributed by atoms with van der Waals surface area (Å²) in [7, 11) is 1.67. The first-order valence-corrected chi connectivity index (χ1v) is 7.49. The predicted octanol–water partition coefficient (Wildman–Crippen LogP) is 2.75. The maximum Gasteiger partial charge on any atom is 0.261 e. The number of amides is 3. The van der Waals surface area contributed by atoms with Crippen LogP contribution in [0.15, 0.2) is 61.2 Å². The SMILES string of the molecule is C=CCN1C(=O)c2ccc(C(=O)N(C)c3ccccc3)cc2C1=O. The molecule has 0 saturated heterocycles. The van der Waals surface area contributed by atoms with Crippen LogP contribution in [0.4, 0.5) is 5.69 Å². The number of hydrogen-bond acceptors (Lipinski definition) is 3. The summed E-state index contributed by atoms with van der Waals surface area (Å²) in [5, 5.41) is 0. The largest absolute Gasteiger partial charge is 0.311 e. The molecule has 2 aromatic carbocycles. The monoisotopic (exact) mass is 320 g/mol. The van der Waals surface area contributed by atoms with E-state index in [0.29, 0.717) is 11.1 Å². The molecule has 0 radical (unpaired) electrons. The fourth-order valence-corrected chi connectivity index (χ4v) is 2.68. The quantitative estimate of drug-likeness (QED) is 0.643. The Morgan fingerprint density at radius 2 is 1.75 bits per heavy atom. The first-order valence-electron chi connectivity index (χ1n) is 7.49. The van der Waals surface area contributed by atoms with Crippen molar-refractivity contribution in [3.63, 3.8) is 0 Å². The Morgan fingerprint density at radius 3 is 2.42 bits per heavy atom. The smallest absolute Gasteiger partial charge is 0.261 e. The zero-order valence-electron chi connectivity index (χ0n) is 13.2. The van der Waals surface area contributed by atoms with Crippen LogP contribution < -0.4 is 4.90 Å². The lowest BCUT2D eigenvalue weighted by molar-refractivity contribution is 0.0672. The number of anilines is 1. The van der Waals surface area contributed by atoms with Crippen molar-refractivity contribution in [2.75, 3.05) is 18.5 Å². The summed E-state index contributed by atoms with van der Waals surface area (Å²) >= 11 is 0. The molecule has 0 fully saturated rings. The van der Waals surface area contributed by atoms with Gasteiger partial charge in [-0.25, -0.2) is 0 Å². The van der Waals surface area contributed by atoms with Crippen LogP contribution in [0.3, 0.4) is 0 Å². The Morgan fingerprint density at radius 1 is 1.08 bits per heavy atom. The zero-order valence-corrected chi connectivity index (χ0v) is 13.2. The Balaban J connectivity index is 1.93. The third-order valence-electron chi connectivity index (χ3n) is 3.98. The molecule has 0 saturated carbocycles. The van der Waals surface area contributed by atoms with Gasteiger partial charge in [0.1, 0.15) is 0 Å². The van der Waals surface area contributed by atoms with Crippen molar-refractivity contribution in [3.05, 3.63) is 77.9 Å². The van der Waals surface area contributed by atoms with E-state index in [2.05, 4.69) is 6.58 Å². The minimum atomic E-state index is -0.396. The van der Waals surface area contributed by atoms with Crippen molar-refractivity contribution in [3.8, 4) is 0 Å². The number of fused-ring (bicyclic) bond motifs is 1. The van der Waals surface area contributed by atoms with E-state index in [1.54, 1.807) is 13.1 Å². The highest BCUT2D eigenvalue weighted by molar-refractivity contribution is 6.22. The van der Waals surface area contributed by atoms with Gasteiger partial charge in [0.25, 0.3) is 17.7 Å². The highest BCUT2D eigenvalue weighted by Crippen LogP contribution is 2.25. The van der Waals surface area contributed by atoms with E-state index in [9.17, 15) is 14.4 Å². The molecule has 2 aromatic rings. The van der Waals surface area contributed by atoms with Crippen LogP contribution in [-0.2, 0) is 0 Å². The van der Waals surface area contributed by atoms with Crippen LogP contribution in [0.5, 0.6) is 0 Å². The Kier molecular flexibility index (Phi) is 4.00. The van der Waals surface area contributed by atoms with Crippen molar-refractivity contribution < 1.29 is 14.4 Å². The second kappa shape index (κ2) is 6.12. The Hall–Kier alpha value is -3.21. The number of carbonyl (C=O) groups excluding carboxylic acids is 3. The topological polar surface area (TPSA) is 57.7 Å². The molecular formula is C19H16N2O3. The average Bonchev–Trinajstić information content (AvgIpc) is 2.86. The van der Waals surface area contributed by atoms with Gasteiger partial charge >= 0.3 is 0 Å². The summed E-state index contributed by atoms with van der Waals surface area (Å²) in [6.45, 7) is 3.70. The number of imide groups is 1. The molecule has 120 valence electrons. The average molecular weight is 320 g/mol. The van der Waals surface area contributed by atoms with Gasteiger partial charge in [-0.1, -0.05) is 24.3 Å². The lowest BCUT2D eigenvalue weighted by atomic mass is 10.0. The maximum atomic E-state index is 12.6. The molecule has 5 heteroatoms. The van der Waals surface area contributed by atoms with Gasteiger partial charge in [-0.3, -0.25) is 19.3 Å². The number of para-hydroxylation sites is 1. The molecule has 1 aliphatic heterocycles. The number of carbonyl (C=O) groups is 3. The molecule has 3 amide bonds. The summed E-state index contributed by atoms with van der Waals surface area (Å²) in [5.74, 6) is -0.997. The summed E-state index contributed by atoms with van der Waals surface area (Å²) in [4.78, 5) is 39.8. The third-order valence-corrected chi connectivity index (χ3v) is 3.98. The van der Waals surface area contributed by atoms with Gasteiger partial charge in [-0.15, -0.1) is 6.58 Å². The van der Waals surface area contributed by atoms with E-state index in [1.165, 1.54) is 23.1 Å². The molecule has 3 rings (SSSR count). The molecule has 0 unspecified atom stereocenters. The summed E-state index contributed by atoms with van der Waals surface area (Å²) in [6, 6.07) is 13.8. The molecule has 5 nitrogen and oxygen atoms in total. The zero-order chi connectivity index (χ0) is 17.3. The lowest BCUT2D eigenvalue weighted by Gasteiger charge is -2.17. The predicted molar refractivity (Wildman–Crippen MR) is 91.2 cm³/mol. The van der Waals surface area contributed by atoms with E-state index < -0.39 is 5.91 Å². The molecule has 1 heterocycles. The molecule has 0 bridgehead atoms. The van der Waals surface area contributed by atoms with Gasteiger partial charge in [0.15, 0.2) is 0 Å². The lowest BCUT2D eigenvalue weighted by Crippen LogP contribution is -2.29. The van der Waals surface area contributed by atoms with Crippen molar-refractivity contribution in [2.24, 2.45) is 0 Å². The molecule has 0 aliphatic carbocycles. The molecule has 0 N–H and O–H groups in total. The van der Waals surface area contributed by atoms with Gasteiger partial charge in [-0.2, -0.15) is 0 Å². The van der Waals surface area contributed by atoms with E-state index in [4.69, 9.17) is 0 Å². The van der Waals surface area contributed by atoms with Crippen LogP contribution in [0, 0.1) is 0 Å². The Labute approximate surface area is 139 Å². The fourth-order valence-electron chi connectivity index (χ4n) is 2.68. The highest BCUT2D eigenvalue weighted by Gasteiger charge is 2.35. The van der Waals surface area contributed by atoms with Crippen LogP contribution in [-0.4, -0.2) is 36.2 Å². The van der Waals surface area contributed by atoms with Gasteiger partial charge in [0, 0.05) is 24.8 Å². The Bertz CT molecular complexity index is 843. The highest BCUT2D eigenvalue weighted by atomic mass is 16.2. The number of hydrogen-bond donors (Lipinski definition) is 0. The fraction of sp³-hybridized carbons (Fsp3) is 0.105. The maximum absolute atomic E-state index is 12.6. The molecule has 0 spiro atoms. The van der Waals surface area contributed by atoms with Crippen LogP contribution in [0.1, 0.15) is 31.1 Å². The van der Waals surface area contributed by atoms with Crippen molar-refractivity contribution in [1.82, 2.24) is 4.90 Å². The standard InChI is InChI=1S/C19H16N2O3/c1-3-11-21-18(23)15-10-9-13(12-16(15)19(21)24)17(22)20(2)14-7-5-4-6-8-14/h3-10,12H,1,11H2,2H3. The molecule has 24 heavy (non-hydrogen) atoms. The normalized spacial score (nSPS) is 13.0. The van der Waals surface area contributed by atoms with E-state index in [0.717, 1.165) is 10.6 Å². The van der Waals surface area contributed by atoms with Crippen LogP contribution in [0.2, 0.25) is 0 Å². The van der Waals surface area contributed by atoms with E-state index in [1.807, 2.05) is 30.3 Å². The third kappa shape index (κ3) is 2.50. The molecular weight excluding hydrogens is 304 g/mol. The first-order chi connectivity index (χ1) is 11.5. The van der Waals surface area contributed by atoms with Crippen molar-refractivity contribution in [2.45, 2.75) is 0 Å². The second-order valence-corrected chi connectivity index (χ2v) is 5.47. The minimum Gasteiger partial charge on any atom is -0.311 e. The first kappa shape index (κ1) is 15.7. The van der Waals surface area contributed by atoms with Gasteiger partial charge < -0.3 is 4.90 Å². The molecule has 0 aromatic heterocycles. The van der Waals surface area contributed by atoms with Crippen molar-refractivity contribution >= 4 is 23.4 Å². The van der Waals surface area contributed by atoms with E-state index >= 15 is 0 Å². The van der Waals surface area contributed by atoms with Crippen LogP contribution in [0.25, 0.3) is 0 Å². The van der Waals surface area contributed by atoms with E-state index in [-0.39, 0.29) is 23.9 Å². The minimum absolute atomic E-state index is 0.152. The van der Waals surface area contributed by atoms with Crippen LogP contribution >= 0.6 is 0 Å². The summed E-state index contributed by atoms with van der Waals surface area (Å²) in [6.07, 6.45) is 1.50. The number of rotatable bonds is 4. The van der Waals surface area contributed by atoms with Gasteiger partial charge in [-0.05, 0) is 30.3 Å². The van der Waals surface area contributed by atoms with Gasteiger partial charge in [0.2, 0.25) is 0 Å². The molecule has 1 aliphatic rings. The second-order valence-electron chi connectivity index (χ2n) is 5.47. The summed E-state index contributed by atoms with van der Waals surface area (Å²) < 4.78 is 0.